The Bertz CT molecular complexity index is 436. The van der Waals surface area contributed by atoms with Gasteiger partial charge in [0.15, 0.2) is 0 Å². The molecule has 1 heterocycles. The zero-order valence-electron chi connectivity index (χ0n) is 12.7. The molecule has 0 amide bonds. The van der Waals surface area contributed by atoms with Gasteiger partial charge in [-0.15, -0.1) is 0 Å². The molecule has 2 rings (SSSR count). The van der Waals surface area contributed by atoms with Gasteiger partial charge in [-0.2, -0.15) is 0 Å². The average molecular weight is 341 g/mol. The van der Waals surface area contributed by atoms with Crippen LogP contribution in [0.2, 0.25) is 0 Å². The standard InChI is InChI=1S/C16H25BrN2O/c1-12(2)8-15-11-19(7-6-18-15)10-13-9-14(17)4-5-16(13)20-3/h4-5,9,12,15,18H,6-8,10-11H2,1-3H3. The highest BCUT2D eigenvalue weighted by molar-refractivity contribution is 9.10. The van der Waals surface area contributed by atoms with Gasteiger partial charge >= 0.3 is 0 Å². The normalized spacial score (nSPS) is 20.4. The van der Waals surface area contributed by atoms with Crippen LogP contribution in [0.3, 0.4) is 0 Å². The van der Waals surface area contributed by atoms with Gasteiger partial charge in [0.2, 0.25) is 0 Å². The Balaban J connectivity index is 2.00. The summed E-state index contributed by atoms with van der Waals surface area (Å²) in [6.45, 7) is 8.83. The van der Waals surface area contributed by atoms with Crippen molar-refractivity contribution in [3.63, 3.8) is 0 Å². The molecule has 1 aromatic rings. The monoisotopic (exact) mass is 340 g/mol. The van der Waals surface area contributed by atoms with Crippen LogP contribution in [0.25, 0.3) is 0 Å². The second-order valence-electron chi connectivity index (χ2n) is 5.97. The Morgan fingerprint density at radius 3 is 2.95 bits per heavy atom. The molecule has 1 fully saturated rings. The summed E-state index contributed by atoms with van der Waals surface area (Å²) in [5.74, 6) is 1.72. The van der Waals surface area contributed by atoms with Gasteiger partial charge in [0.25, 0.3) is 0 Å². The average Bonchev–Trinajstić information content (AvgIpc) is 2.38. The molecule has 0 aliphatic carbocycles. The molecule has 1 aliphatic heterocycles. The summed E-state index contributed by atoms with van der Waals surface area (Å²) >= 11 is 3.55. The third kappa shape index (κ3) is 4.47. The maximum absolute atomic E-state index is 5.47. The largest absolute Gasteiger partial charge is 0.496 e. The predicted molar refractivity (Wildman–Crippen MR) is 87.2 cm³/mol. The van der Waals surface area contributed by atoms with Crippen molar-refractivity contribution in [2.75, 3.05) is 26.7 Å². The van der Waals surface area contributed by atoms with E-state index in [1.165, 1.54) is 12.0 Å². The van der Waals surface area contributed by atoms with Crippen molar-refractivity contribution >= 4 is 15.9 Å². The Morgan fingerprint density at radius 2 is 2.25 bits per heavy atom. The van der Waals surface area contributed by atoms with Crippen LogP contribution < -0.4 is 10.1 Å². The summed E-state index contributed by atoms with van der Waals surface area (Å²) in [6, 6.07) is 6.84. The van der Waals surface area contributed by atoms with Crippen LogP contribution in [0.15, 0.2) is 22.7 Å². The van der Waals surface area contributed by atoms with Gasteiger partial charge < -0.3 is 10.1 Å². The number of hydrogen-bond donors (Lipinski definition) is 1. The molecule has 1 unspecified atom stereocenters. The number of nitrogens with zero attached hydrogens (tertiary/aromatic N) is 1. The first-order chi connectivity index (χ1) is 9.58. The fourth-order valence-electron chi connectivity index (χ4n) is 2.88. The molecular weight excluding hydrogens is 316 g/mol. The maximum Gasteiger partial charge on any atom is 0.123 e. The minimum atomic E-state index is 0.613. The molecule has 0 aromatic heterocycles. The van der Waals surface area contributed by atoms with Crippen LogP contribution in [0, 0.1) is 5.92 Å². The Hall–Kier alpha value is -0.580. The van der Waals surface area contributed by atoms with Crippen LogP contribution in [0.1, 0.15) is 25.8 Å². The Labute approximate surface area is 130 Å². The third-order valence-corrected chi connectivity index (χ3v) is 4.23. The molecular formula is C16H25BrN2O. The summed E-state index contributed by atoms with van der Waals surface area (Å²) < 4.78 is 6.58. The lowest BCUT2D eigenvalue weighted by molar-refractivity contribution is 0.178. The van der Waals surface area contributed by atoms with Gasteiger partial charge in [-0.1, -0.05) is 29.8 Å². The molecule has 0 saturated carbocycles. The second kappa shape index (κ2) is 7.43. The number of ether oxygens (including phenoxy) is 1. The van der Waals surface area contributed by atoms with Crippen molar-refractivity contribution in [1.82, 2.24) is 10.2 Å². The summed E-state index contributed by atoms with van der Waals surface area (Å²) in [5, 5.41) is 3.62. The highest BCUT2D eigenvalue weighted by Crippen LogP contribution is 2.25. The Morgan fingerprint density at radius 1 is 1.45 bits per heavy atom. The van der Waals surface area contributed by atoms with Crippen LogP contribution in [-0.2, 0) is 6.54 Å². The molecule has 0 radical (unpaired) electrons. The van der Waals surface area contributed by atoms with Gasteiger partial charge in [0.05, 0.1) is 7.11 Å². The van der Waals surface area contributed by atoms with Crippen molar-refractivity contribution in [1.29, 1.82) is 0 Å². The summed E-state index contributed by atoms with van der Waals surface area (Å²) in [5.41, 5.74) is 1.26. The quantitative estimate of drug-likeness (QED) is 0.890. The first kappa shape index (κ1) is 15.8. The maximum atomic E-state index is 5.47. The third-order valence-electron chi connectivity index (χ3n) is 3.73. The van der Waals surface area contributed by atoms with E-state index >= 15 is 0 Å². The minimum Gasteiger partial charge on any atom is -0.496 e. The SMILES string of the molecule is COc1ccc(Br)cc1CN1CCNC(CC(C)C)C1. The van der Waals surface area contributed by atoms with Crippen molar-refractivity contribution in [2.45, 2.75) is 32.9 Å². The van der Waals surface area contributed by atoms with E-state index < -0.39 is 0 Å². The lowest BCUT2D eigenvalue weighted by atomic mass is 10.0. The smallest absolute Gasteiger partial charge is 0.123 e. The first-order valence-electron chi connectivity index (χ1n) is 7.36. The lowest BCUT2D eigenvalue weighted by Gasteiger charge is -2.34. The van der Waals surface area contributed by atoms with E-state index in [4.69, 9.17) is 4.74 Å². The van der Waals surface area contributed by atoms with Crippen LogP contribution in [-0.4, -0.2) is 37.7 Å². The van der Waals surface area contributed by atoms with Crippen molar-refractivity contribution in [3.05, 3.63) is 28.2 Å². The highest BCUT2D eigenvalue weighted by atomic mass is 79.9. The minimum absolute atomic E-state index is 0.613. The van der Waals surface area contributed by atoms with Crippen molar-refractivity contribution in [3.8, 4) is 5.75 Å². The predicted octanol–water partition coefficient (Wildman–Crippen LogP) is 3.28. The molecule has 1 atom stereocenters. The number of methoxy groups -OCH3 is 1. The number of halogens is 1. The van der Waals surface area contributed by atoms with Crippen LogP contribution >= 0.6 is 15.9 Å². The molecule has 3 nitrogen and oxygen atoms in total. The summed E-state index contributed by atoms with van der Waals surface area (Å²) in [7, 11) is 1.74. The van der Waals surface area contributed by atoms with E-state index in [1.54, 1.807) is 7.11 Å². The molecule has 0 spiro atoms. The van der Waals surface area contributed by atoms with Gasteiger partial charge in [-0.25, -0.2) is 0 Å². The topological polar surface area (TPSA) is 24.5 Å². The van der Waals surface area contributed by atoms with Gasteiger partial charge in [-0.3, -0.25) is 4.90 Å². The van der Waals surface area contributed by atoms with Crippen molar-refractivity contribution in [2.24, 2.45) is 5.92 Å². The molecule has 112 valence electrons. The number of rotatable bonds is 5. The van der Waals surface area contributed by atoms with E-state index in [-0.39, 0.29) is 0 Å². The van der Waals surface area contributed by atoms with Crippen molar-refractivity contribution < 1.29 is 4.74 Å². The van der Waals surface area contributed by atoms with E-state index in [1.807, 2.05) is 12.1 Å². The fourth-order valence-corrected chi connectivity index (χ4v) is 3.28. The molecule has 20 heavy (non-hydrogen) atoms. The molecule has 1 aliphatic rings. The van der Waals surface area contributed by atoms with Gasteiger partial charge in [0.1, 0.15) is 5.75 Å². The summed E-state index contributed by atoms with van der Waals surface area (Å²) in [4.78, 5) is 2.52. The molecule has 1 N–H and O–H groups in total. The molecule has 1 aromatic carbocycles. The van der Waals surface area contributed by atoms with Crippen LogP contribution in [0.4, 0.5) is 0 Å². The lowest BCUT2D eigenvalue weighted by Crippen LogP contribution is -2.50. The first-order valence-corrected chi connectivity index (χ1v) is 8.16. The number of piperazine rings is 1. The van der Waals surface area contributed by atoms with Crippen LogP contribution in [0.5, 0.6) is 5.75 Å². The molecule has 0 bridgehead atoms. The Kier molecular flexibility index (Phi) is 5.87. The highest BCUT2D eigenvalue weighted by Gasteiger charge is 2.21. The molecule has 4 heteroatoms. The summed E-state index contributed by atoms with van der Waals surface area (Å²) in [6.07, 6.45) is 1.24. The number of benzene rings is 1. The van der Waals surface area contributed by atoms with E-state index in [0.717, 1.165) is 42.3 Å². The second-order valence-corrected chi connectivity index (χ2v) is 6.89. The van der Waals surface area contributed by atoms with E-state index in [9.17, 15) is 0 Å². The number of nitrogens with one attached hydrogen (secondary N) is 1. The zero-order chi connectivity index (χ0) is 14.5. The van der Waals surface area contributed by atoms with Gasteiger partial charge in [-0.05, 0) is 30.5 Å². The number of hydrogen-bond acceptors (Lipinski definition) is 3. The fraction of sp³-hybridized carbons (Fsp3) is 0.625. The zero-order valence-corrected chi connectivity index (χ0v) is 14.2. The van der Waals surface area contributed by atoms with Gasteiger partial charge in [0, 0.05) is 42.3 Å². The molecule has 1 saturated heterocycles. The van der Waals surface area contributed by atoms with E-state index in [2.05, 4.69) is 46.1 Å². The van der Waals surface area contributed by atoms with E-state index in [0.29, 0.717) is 6.04 Å².